The highest BCUT2D eigenvalue weighted by Gasteiger charge is 2.38. The fourth-order valence-corrected chi connectivity index (χ4v) is 4.42. The molecule has 3 aromatic rings. The van der Waals surface area contributed by atoms with E-state index in [1.54, 1.807) is 0 Å². The monoisotopic (exact) mass is 458 g/mol. The Bertz CT molecular complexity index is 1260. The first-order chi connectivity index (χ1) is 14.0. The summed E-state index contributed by atoms with van der Waals surface area (Å²) in [4.78, 5) is 14.5. The zero-order valence-corrected chi connectivity index (χ0v) is 16.2. The average molecular weight is 459 g/mol. The number of carbonyl (C=O) groups excluding carboxylic acids is 1. The molecule has 1 aliphatic rings. The van der Waals surface area contributed by atoms with Crippen LogP contribution < -0.4 is 10.0 Å². The molecule has 0 unspecified atom stereocenters. The highest BCUT2D eigenvalue weighted by Crippen LogP contribution is 2.33. The Morgan fingerprint density at radius 1 is 1.17 bits per heavy atom. The van der Waals surface area contributed by atoms with Crippen molar-refractivity contribution in [2.45, 2.75) is 17.5 Å². The van der Waals surface area contributed by atoms with E-state index in [0.717, 1.165) is 0 Å². The number of nitrogens with zero attached hydrogens (tertiary/aromatic N) is 2. The highest BCUT2D eigenvalue weighted by molar-refractivity contribution is 7.92. The lowest BCUT2D eigenvalue weighted by molar-refractivity contribution is -0.159. The predicted molar refractivity (Wildman–Crippen MR) is 99.3 cm³/mol. The second-order valence-corrected chi connectivity index (χ2v) is 8.33. The smallest absolute Gasteiger partial charge is 0.329 e. The first-order valence-corrected chi connectivity index (χ1v) is 10.1. The van der Waals surface area contributed by atoms with Crippen molar-refractivity contribution in [2.24, 2.45) is 0 Å². The van der Waals surface area contributed by atoms with Crippen LogP contribution in [0.25, 0.3) is 11.4 Å². The zero-order valence-electron chi connectivity index (χ0n) is 14.6. The topological polar surface area (TPSA) is 114 Å². The summed E-state index contributed by atoms with van der Waals surface area (Å²) in [6.45, 7) is 0. The molecular weight excluding hydrogens is 449 g/mol. The molecule has 0 spiro atoms. The van der Waals surface area contributed by atoms with Gasteiger partial charge in [-0.1, -0.05) is 16.8 Å². The molecule has 0 saturated heterocycles. The number of alkyl halides is 3. The molecule has 4 rings (SSSR count). The van der Waals surface area contributed by atoms with Crippen LogP contribution in [0.5, 0.6) is 0 Å². The largest absolute Gasteiger partial charge is 0.471 e. The van der Waals surface area contributed by atoms with Gasteiger partial charge in [0.05, 0.1) is 11.4 Å². The summed E-state index contributed by atoms with van der Waals surface area (Å²) in [5.41, 5.74) is 1.27. The van der Waals surface area contributed by atoms with Crippen molar-refractivity contribution >= 4 is 38.9 Å². The third-order valence-corrected chi connectivity index (χ3v) is 5.98. The van der Waals surface area contributed by atoms with Crippen molar-refractivity contribution in [1.82, 2.24) is 10.1 Å². The van der Waals surface area contributed by atoms with Gasteiger partial charge < -0.3 is 9.84 Å². The van der Waals surface area contributed by atoms with Crippen molar-refractivity contribution in [3.8, 4) is 11.4 Å². The van der Waals surface area contributed by atoms with Crippen LogP contribution in [-0.2, 0) is 27.4 Å². The molecule has 30 heavy (non-hydrogen) atoms. The van der Waals surface area contributed by atoms with Crippen LogP contribution in [0.2, 0.25) is 5.02 Å². The van der Waals surface area contributed by atoms with Gasteiger partial charge in [0.1, 0.15) is 4.90 Å². The summed E-state index contributed by atoms with van der Waals surface area (Å²) in [7, 11) is -4.10. The molecule has 0 radical (unpaired) electrons. The van der Waals surface area contributed by atoms with Crippen LogP contribution in [0.1, 0.15) is 11.5 Å². The van der Waals surface area contributed by atoms with Gasteiger partial charge in [0.15, 0.2) is 0 Å². The molecule has 1 aromatic heterocycles. The van der Waals surface area contributed by atoms with Crippen molar-refractivity contribution < 1.29 is 30.9 Å². The SMILES string of the molecule is O=C1Cc2cc(S(=O)(=O)Nc3ccc(-c4noc(C(F)(F)F)n4)cc3)c(Cl)cc2N1. The van der Waals surface area contributed by atoms with Crippen molar-refractivity contribution in [3.05, 3.63) is 52.9 Å². The highest BCUT2D eigenvalue weighted by atomic mass is 35.5. The lowest BCUT2D eigenvalue weighted by atomic mass is 10.2. The van der Waals surface area contributed by atoms with E-state index in [9.17, 15) is 26.4 Å². The summed E-state index contributed by atoms with van der Waals surface area (Å²) in [6.07, 6.45) is -4.73. The molecule has 8 nitrogen and oxygen atoms in total. The molecule has 2 aromatic carbocycles. The van der Waals surface area contributed by atoms with Gasteiger partial charge in [0.25, 0.3) is 10.0 Å². The van der Waals surface area contributed by atoms with Gasteiger partial charge in [0.2, 0.25) is 11.7 Å². The number of halogens is 4. The number of anilines is 2. The van der Waals surface area contributed by atoms with E-state index in [1.165, 1.54) is 36.4 Å². The number of carbonyl (C=O) groups is 1. The van der Waals surface area contributed by atoms with E-state index in [0.29, 0.717) is 11.3 Å². The Morgan fingerprint density at radius 3 is 2.50 bits per heavy atom. The number of aromatic nitrogens is 2. The molecule has 0 fully saturated rings. The number of rotatable bonds is 4. The van der Waals surface area contributed by atoms with Crippen LogP contribution >= 0.6 is 11.6 Å². The number of benzene rings is 2. The number of hydrogen-bond donors (Lipinski definition) is 2. The van der Waals surface area contributed by atoms with Crippen molar-refractivity contribution in [3.63, 3.8) is 0 Å². The minimum atomic E-state index is -4.77. The van der Waals surface area contributed by atoms with Crippen LogP contribution in [0.3, 0.4) is 0 Å². The van der Waals surface area contributed by atoms with Gasteiger partial charge in [-0.15, -0.1) is 0 Å². The van der Waals surface area contributed by atoms with Crippen LogP contribution in [0.15, 0.2) is 45.8 Å². The predicted octanol–water partition coefficient (Wildman–Crippen LogP) is 3.70. The van der Waals surface area contributed by atoms with Gasteiger partial charge in [-0.2, -0.15) is 18.2 Å². The van der Waals surface area contributed by atoms with Crippen molar-refractivity contribution in [2.75, 3.05) is 10.0 Å². The molecule has 13 heteroatoms. The van der Waals surface area contributed by atoms with Gasteiger partial charge in [0, 0.05) is 16.9 Å². The summed E-state index contributed by atoms with van der Waals surface area (Å²) in [6, 6.07) is 7.97. The third kappa shape index (κ3) is 3.83. The fourth-order valence-electron chi connectivity index (χ4n) is 2.78. The molecule has 2 heterocycles. The second kappa shape index (κ2) is 6.99. The molecule has 1 aliphatic heterocycles. The Kier molecular flexibility index (Phi) is 4.70. The molecular formula is C17H10ClF3N4O4S. The molecule has 0 saturated carbocycles. The van der Waals surface area contributed by atoms with E-state index < -0.39 is 22.1 Å². The number of fused-ring (bicyclic) bond motifs is 1. The molecule has 0 bridgehead atoms. The minimum Gasteiger partial charge on any atom is -0.329 e. The standard InChI is InChI=1S/C17H10ClF3N4O4S/c18-11-7-12-9(6-14(26)22-12)5-13(11)30(27,28)25-10-3-1-8(2-4-10)15-23-16(29-24-15)17(19,20)21/h1-5,7,25H,6H2,(H,22,26). The molecule has 2 N–H and O–H groups in total. The number of nitrogens with one attached hydrogen (secondary N) is 2. The maximum atomic E-state index is 12.7. The number of hydrogen-bond acceptors (Lipinski definition) is 6. The lowest BCUT2D eigenvalue weighted by Gasteiger charge is -2.11. The molecule has 1 amide bonds. The summed E-state index contributed by atoms with van der Waals surface area (Å²) < 4.78 is 69.6. The van der Waals surface area contributed by atoms with Crippen LogP contribution in [0.4, 0.5) is 24.5 Å². The second-order valence-electron chi connectivity index (χ2n) is 6.27. The Hall–Kier alpha value is -3.12. The van der Waals surface area contributed by atoms with Crippen molar-refractivity contribution in [1.29, 1.82) is 0 Å². The summed E-state index contributed by atoms with van der Waals surface area (Å²) in [5.74, 6) is -2.05. The molecule has 0 atom stereocenters. The third-order valence-electron chi connectivity index (χ3n) is 4.14. The maximum absolute atomic E-state index is 12.7. The van der Waals surface area contributed by atoms with Crippen LogP contribution in [-0.4, -0.2) is 24.5 Å². The lowest BCUT2D eigenvalue weighted by Crippen LogP contribution is -2.13. The van der Waals surface area contributed by atoms with Gasteiger partial charge >= 0.3 is 12.1 Å². The minimum absolute atomic E-state index is 0.0360. The fraction of sp³-hybridized carbons (Fsp3) is 0.118. The van der Waals surface area contributed by atoms with Gasteiger partial charge in [-0.25, -0.2) is 8.42 Å². The van der Waals surface area contributed by atoms with Gasteiger partial charge in [-0.3, -0.25) is 9.52 Å². The number of amides is 1. The van der Waals surface area contributed by atoms with E-state index >= 15 is 0 Å². The zero-order chi connectivity index (χ0) is 21.7. The molecule has 156 valence electrons. The quantitative estimate of drug-likeness (QED) is 0.616. The Balaban J connectivity index is 1.57. The molecule has 0 aliphatic carbocycles. The first kappa shape index (κ1) is 20.2. The first-order valence-electron chi connectivity index (χ1n) is 8.19. The normalized spacial score (nSPS) is 13.8. The number of sulfonamides is 1. The van der Waals surface area contributed by atoms with E-state index in [-0.39, 0.29) is 39.3 Å². The van der Waals surface area contributed by atoms with Gasteiger partial charge in [-0.05, 0) is 42.0 Å². The maximum Gasteiger partial charge on any atom is 0.471 e. The Morgan fingerprint density at radius 2 is 1.87 bits per heavy atom. The van der Waals surface area contributed by atoms with Crippen LogP contribution in [0, 0.1) is 0 Å². The van der Waals surface area contributed by atoms with E-state index in [1.807, 2.05) is 0 Å². The summed E-state index contributed by atoms with van der Waals surface area (Å²) in [5, 5.41) is 5.75. The van der Waals surface area contributed by atoms with E-state index in [4.69, 9.17) is 11.6 Å². The van der Waals surface area contributed by atoms with E-state index in [2.05, 4.69) is 24.7 Å². The Labute approximate surface area is 172 Å². The average Bonchev–Trinajstić information content (AvgIpc) is 3.27. The summed E-state index contributed by atoms with van der Waals surface area (Å²) >= 11 is 6.06.